The summed E-state index contributed by atoms with van der Waals surface area (Å²) in [5.41, 5.74) is 12.5. The largest absolute Gasteiger partial charge is 0.425 e. The van der Waals surface area contributed by atoms with Gasteiger partial charge in [-0.05, 0) is 13.8 Å². The van der Waals surface area contributed by atoms with Crippen LogP contribution < -0.4 is 0 Å². The van der Waals surface area contributed by atoms with Crippen molar-refractivity contribution in [3.63, 3.8) is 0 Å². The first kappa shape index (κ1) is 27.7. The average molecular weight is 536 g/mol. The van der Waals surface area contributed by atoms with Crippen LogP contribution in [0.25, 0.3) is 11.1 Å². The molecule has 0 N–H and O–H groups in total. The molecule has 4 rings (SSSR count). The first-order valence-corrected chi connectivity index (χ1v) is 16.9. The van der Waals surface area contributed by atoms with Gasteiger partial charge >= 0.3 is 151 Å². The van der Waals surface area contributed by atoms with E-state index in [1.54, 1.807) is 28.3 Å². The van der Waals surface area contributed by atoms with Gasteiger partial charge in [0, 0.05) is 6.61 Å². The van der Waals surface area contributed by atoms with E-state index in [4.69, 9.17) is 4.43 Å². The van der Waals surface area contributed by atoms with Crippen LogP contribution >= 0.6 is 0 Å². The van der Waals surface area contributed by atoms with E-state index in [-0.39, 0.29) is 9.76 Å². The second-order valence-electron chi connectivity index (χ2n) is 8.37. The van der Waals surface area contributed by atoms with Gasteiger partial charge in [0.05, 0.1) is 0 Å². The van der Waals surface area contributed by atoms with Crippen molar-refractivity contribution in [2.45, 2.75) is 55.3 Å². The van der Waals surface area contributed by atoms with Gasteiger partial charge in [-0.15, -0.1) is 0 Å². The molecule has 2 aromatic carbocycles. The molecule has 3 heteroatoms. The third-order valence-electron chi connectivity index (χ3n) is 6.47. The van der Waals surface area contributed by atoms with Crippen molar-refractivity contribution in [1.82, 2.24) is 0 Å². The number of hydrogen-bond acceptors (Lipinski definition) is 1. The van der Waals surface area contributed by atoms with Crippen LogP contribution in [0.4, 0.5) is 0 Å². The molecule has 174 valence electrons. The predicted molar refractivity (Wildman–Crippen MR) is 146 cm³/mol. The Kier molecular flexibility index (Phi) is 11.7. The summed E-state index contributed by atoms with van der Waals surface area (Å²) in [4.78, 5) is 0. The molecule has 0 fully saturated rings. The van der Waals surface area contributed by atoms with E-state index in [0.717, 1.165) is 13.9 Å². The molecule has 1 nitrogen and oxygen atoms in total. The topological polar surface area (TPSA) is 9.23 Å². The summed E-state index contributed by atoms with van der Waals surface area (Å²) in [5.74, 6) is 0. The molecule has 0 aromatic heterocycles. The fourth-order valence-corrected chi connectivity index (χ4v) is 10.1. The van der Waals surface area contributed by atoms with Crippen LogP contribution in [-0.2, 0) is 27.7 Å². The van der Waals surface area contributed by atoms with Crippen molar-refractivity contribution >= 4 is 20.9 Å². The molecule has 0 radical (unpaired) electrons. The number of rotatable bonds is 5. The van der Waals surface area contributed by atoms with Crippen LogP contribution in [0.3, 0.4) is 0 Å². The molecule has 0 spiro atoms. The van der Waals surface area contributed by atoms with Crippen molar-refractivity contribution in [3.05, 3.63) is 107 Å². The standard InChI is InChI=1S/2C11H11.C5H8.C3H10OSi.Zr/c2*1-8-7-10-5-3-4-6-11(10)9(8)2;1-3-5-4-2;1-3-4-5-2;/h2*3-7H,1-2H3;3-5H,1H2,2H3;3,5H2,1-2H3;. The Morgan fingerprint density at radius 3 is 1.64 bits per heavy atom. The van der Waals surface area contributed by atoms with Crippen molar-refractivity contribution in [2.24, 2.45) is 0 Å². The van der Waals surface area contributed by atoms with Gasteiger partial charge < -0.3 is 4.43 Å². The third kappa shape index (κ3) is 6.75. The van der Waals surface area contributed by atoms with Crippen LogP contribution in [-0.4, -0.2) is 16.4 Å². The van der Waals surface area contributed by atoms with Crippen LogP contribution in [0, 0.1) is 0 Å². The van der Waals surface area contributed by atoms with Crippen LogP contribution in [0.5, 0.6) is 0 Å². The van der Waals surface area contributed by atoms with E-state index >= 15 is 0 Å². The summed E-state index contributed by atoms with van der Waals surface area (Å²) in [5, 5.41) is 0. The molecule has 2 aliphatic carbocycles. The predicted octanol–water partition coefficient (Wildman–Crippen LogP) is 8.07. The van der Waals surface area contributed by atoms with E-state index < -0.39 is 23.2 Å². The summed E-state index contributed by atoms with van der Waals surface area (Å²) in [6.45, 7) is 19.8. The fourth-order valence-electron chi connectivity index (χ4n) is 4.44. The van der Waals surface area contributed by atoms with Gasteiger partial charge in [0.2, 0.25) is 0 Å². The minimum atomic E-state index is -0.668. The molecule has 0 saturated heterocycles. The van der Waals surface area contributed by atoms with Gasteiger partial charge in [0.1, 0.15) is 0 Å². The fraction of sp³-hybridized carbons (Fsp3) is 0.333. The molecule has 2 unspecified atom stereocenters. The zero-order chi connectivity index (χ0) is 24.4. The van der Waals surface area contributed by atoms with Crippen LogP contribution in [0.15, 0.2) is 84.5 Å². The Labute approximate surface area is 216 Å². The van der Waals surface area contributed by atoms with Crippen molar-refractivity contribution < 1.29 is 27.7 Å². The molecule has 0 bridgehead atoms. The third-order valence-corrected chi connectivity index (χ3v) is 12.6. The van der Waals surface area contributed by atoms with E-state index in [1.165, 1.54) is 22.3 Å². The Morgan fingerprint density at radius 2 is 1.33 bits per heavy atom. The molecule has 0 amide bonds. The Bertz CT molecular complexity index is 958. The number of fused-ring (bicyclic) bond motifs is 2. The molecule has 0 saturated carbocycles. The maximum Gasteiger partial charge on any atom is 0.158 e. The molecule has 2 aromatic rings. The van der Waals surface area contributed by atoms with E-state index in [9.17, 15) is 0 Å². The number of allylic oxidation sites excluding steroid dienone is 7. The summed E-state index contributed by atoms with van der Waals surface area (Å²) in [6.07, 6.45) is 5.58. The second-order valence-corrected chi connectivity index (χ2v) is 13.0. The van der Waals surface area contributed by atoms with Crippen LogP contribution in [0.2, 0.25) is 6.55 Å². The first-order valence-electron chi connectivity index (χ1n) is 12.0. The first-order chi connectivity index (χ1) is 15.9. The number of hydrogen-bond donors (Lipinski definition) is 0. The quantitative estimate of drug-likeness (QED) is 0.278. The average Bonchev–Trinajstić information content (AvgIpc) is 3.22. The van der Waals surface area contributed by atoms with E-state index in [1.807, 2.05) is 26.0 Å². The molecule has 33 heavy (non-hydrogen) atoms. The molecule has 2 aliphatic rings. The molecule has 2 atom stereocenters. The molecule has 0 aliphatic heterocycles. The van der Waals surface area contributed by atoms with Crippen molar-refractivity contribution in [3.8, 4) is 0 Å². The van der Waals surface area contributed by atoms with Gasteiger partial charge in [-0.2, -0.15) is 0 Å². The van der Waals surface area contributed by atoms with Gasteiger partial charge in [-0.25, -0.2) is 0 Å². The minimum Gasteiger partial charge on any atom is -0.425 e. The molecular weight excluding hydrogens is 496 g/mol. The monoisotopic (exact) mass is 534 g/mol. The summed E-state index contributed by atoms with van der Waals surface area (Å²) in [6, 6.07) is 18.2. The Hall–Kier alpha value is -1.54. The van der Waals surface area contributed by atoms with Gasteiger partial charge in [-0.3, -0.25) is 0 Å². The zero-order valence-corrected chi connectivity index (χ0v) is 25.4. The van der Waals surface area contributed by atoms with Crippen molar-refractivity contribution in [2.75, 3.05) is 6.61 Å². The smallest absolute Gasteiger partial charge is 0.158 e. The minimum absolute atomic E-state index is 0.0860. The summed E-state index contributed by atoms with van der Waals surface area (Å²) < 4.78 is 6.43. The molecular formula is C30H40OSiZr. The summed E-state index contributed by atoms with van der Waals surface area (Å²) >= 11 is -0.668. The second kappa shape index (κ2) is 14.0. The van der Waals surface area contributed by atoms with Gasteiger partial charge in [0.15, 0.2) is 9.76 Å². The normalized spacial score (nSPS) is 18.6. The zero-order valence-electron chi connectivity index (χ0n) is 21.5. The molecule has 0 heterocycles. The van der Waals surface area contributed by atoms with Gasteiger partial charge in [-0.1, -0.05) is 31.4 Å². The van der Waals surface area contributed by atoms with E-state index in [2.05, 4.69) is 89.4 Å². The van der Waals surface area contributed by atoms with E-state index in [0.29, 0.717) is 0 Å². The van der Waals surface area contributed by atoms with Crippen LogP contribution in [0.1, 0.15) is 71.0 Å². The maximum absolute atomic E-state index is 4.97. The van der Waals surface area contributed by atoms with Gasteiger partial charge in [0.25, 0.3) is 0 Å². The SMILES string of the molecule is C=CC=CC.CC1=C(C)[CH]([Zr][CH]2C(C)=C(C)c3ccccc32)c2ccccc21.CCO[SiH2]C. The Balaban J connectivity index is 0.000000327. The summed E-state index contributed by atoms with van der Waals surface area (Å²) in [7, 11) is -0.0860. The Morgan fingerprint density at radius 1 is 0.879 bits per heavy atom. The maximum atomic E-state index is 4.97. The van der Waals surface area contributed by atoms with Crippen molar-refractivity contribution in [1.29, 1.82) is 0 Å². The number of benzene rings is 2.